The van der Waals surface area contributed by atoms with E-state index in [2.05, 4.69) is 12.2 Å². The van der Waals surface area contributed by atoms with Gasteiger partial charge in [-0.05, 0) is 42.5 Å². The maximum atomic E-state index is 12.5. The van der Waals surface area contributed by atoms with Gasteiger partial charge in [-0.15, -0.1) is 0 Å². The number of rotatable bonds is 1. The summed E-state index contributed by atoms with van der Waals surface area (Å²) >= 11 is 5.84. The predicted octanol–water partition coefficient (Wildman–Crippen LogP) is 2.65. The lowest BCUT2D eigenvalue weighted by molar-refractivity contribution is -0.123. The topological polar surface area (TPSA) is 37.4 Å². The van der Waals surface area contributed by atoms with Crippen LogP contribution in [-0.2, 0) is 9.59 Å². The van der Waals surface area contributed by atoms with E-state index in [1.54, 1.807) is 24.3 Å². The molecule has 2 fully saturated rings. The summed E-state index contributed by atoms with van der Waals surface area (Å²) in [7, 11) is 0. The summed E-state index contributed by atoms with van der Waals surface area (Å²) in [5.41, 5.74) is 0.633. The molecule has 0 spiro atoms. The van der Waals surface area contributed by atoms with Crippen LogP contribution in [0, 0.1) is 23.7 Å². The summed E-state index contributed by atoms with van der Waals surface area (Å²) in [6.07, 6.45) is 5.16. The Morgan fingerprint density at radius 1 is 0.947 bits per heavy atom. The van der Waals surface area contributed by atoms with Crippen molar-refractivity contribution in [3.8, 4) is 0 Å². The number of imide groups is 1. The summed E-state index contributed by atoms with van der Waals surface area (Å²) in [6, 6.07) is 6.87. The molecule has 0 radical (unpaired) electrons. The molecule has 4 rings (SSSR count). The minimum absolute atomic E-state index is 0.0471. The molecule has 3 nitrogen and oxygen atoms in total. The number of nitrogens with zero attached hydrogens (tertiary/aromatic N) is 1. The quantitative estimate of drug-likeness (QED) is 0.583. The van der Waals surface area contributed by atoms with E-state index < -0.39 is 0 Å². The Balaban J connectivity index is 1.74. The Bertz CT molecular complexity index is 577. The highest BCUT2D eigenvalue weighted by Crippen LogP contribution is 2.53. The van der Waals surface area contributed by atoms with Crippen molar-refractivity contribution in [3.63, 3.8) is 0 Å². The zero-order valence-corrected chi connectivity index (χ0v) is 10.9. The predicted molar refractivity (Wildman–Crippen MR) is 71.7 cm³/mol. The third kappa shape index (κ3) is 1.39. The number of benzene rings is 1. The van der Waals surface area contributed by atoms with Crippen molar-refractivity contribution in [1.29, 1.82) is 0 Å². The number of carbonyl (C=O) groups is 2. The summed E-state index contributed by atoms with van der Waals surface area (Å²) in [6.45, 7) is 0. The van der Waals surface area contributed by atoms with Gasteiger partial charge in [0.2, 0.25) is 11.8 Å². The van der Waals surface area contributed by atoms with E-state index in [0.717, 1.165) is 6.42 Å². The molecule has 4 atom stereocenters. The average Bonchev–Trinajstić information content (AvgIpc) is 3.06. The molecule has 96 valence electrons. The maximum Gasteiger partial charge on any atom is 0.238 e. The summed E-state index contributed by atoms with van der Waals surface area (Å²) < 4.78 is 0. The number of allylic oxidation sites excluding steroid dienone is 2. The lowest BCUT2D eigenvalue weighted by atomic mass is 9.85. The number of carbonyl (C=O) groups excluding carboxylic acids is 2. The van der Waals surface area contributed by atoms with Crippen LogP contribution in [-0.4, -0.2) is 11.8 Å². The van der Waals surface area contributed by atoms with Gasteiger partial charge in [-0.1, -0.05) is 23.8 Å². The molecule has 0 unspecified atom stereocenters. The van der Waals surface area contributed by atoms with Crippen molar-refractivity contribution < 1.29 is 9.59 Å². The van der Waals surface area contributed by atoms with Crippen molar-refractivity contribution in [1.82, 2.24) is 0 Å². The molecule has 1 heterocycles. The molecule has 2 bridgehead atoms. The van der Waals surface area contributed by atoms with E-state index in [9.17, 15) is 9.59 Å². The van der Waals surface area contributed by atoms with Gasteiger partial charge >= 0.3 is 0 Å². The third-order valence-electron chi connectivity index (χ3n) is 4.56. The number of halogens is 1. The van der Waals surface area contributed by atoms with Crippen molar-refractivity contribution in [2.75, 3.05) is 4.90 Å². The van der Waals surface area contributed by atoms with Crippen LogP contribution in [0.4, 0.5) is 5.69 Å². The van der Waals surface area contributed by atoms with E-state index >= 15 is 0 Å². The summed E-state index contributed by atoms with van der Waals surface area (Å²) in [5, 5.41) is 0.602. The zero-order chi connectivity index (χ0) is 13.1. The fourth-order valence-electron chi connectivity index (χ4n) is 3.75. The van der Waals surface area contributed by atoms with Crippen LogP contribution in [0.25, 0.3) is 0 Å². The molecule has 4 heteroatoms. The average molecular weight is 274 g/mol. The van der Waals surface area contributed by atoms with Crippen molar-refractivity contribution in [2.24, 2.45) is 23.7 Å². The molecule has 1 saturated carbocycles. The number of fused-ring (bicyclic) bond motifs is 5. The normalized spacial score (nSPS) is 35.3. The molecule has 2 aliphatic carbocycles. The molecule has 0 aromatic heterocycles. The standard InChI is InChI=1S/C15H12ClNO2/c16-10-3-5-11(6-4-10)17-14(18)12-8-1-2-9(7-8)13(12)15(17)19/h1-6,8-9,12-13H,7H2/t8-,9-,12-,13+/m0/s1. The molecular formula is C15H12ClNO2. The van der Waals surface area contributed by atoms with Crippen LogP contribution in [0.1, 0.15) is 6.42 Å². The Kier molecular flexibility index (Phi) is 2.19. The first-order valence-electron chi connectivity index (χ1n) is 6.48. The van der Waals surface area contributed by atoms with Gasteiger partial charge in [0.25, 0.3) is 0 Å². The van der Waals surface area contributed by atoms with Crippen LogP contribution >= 0.6 is 11.6 Å². The van der Waals surface area contributed by atoms with E-state index in [1.165, 1.54) is 4.90 Å². The largest absolute Gasteiger partial charge is 0.274 e. The fraction of sp³-hybridized carbons (Fsp3) is 0.333. The van der Waals surface area contributed by atoms with E-state index in [4.69, 9.17) is 11.6 Å². The van der Waals surface area contributed by atoms with E-state index in [-0.39, 0.29) is 35.5 Å². The van der Waals surface area contributed by atoms with Gasteiger partial charge in [-0.3, -0.25) is 14.5 Å². The monoisotopic (exact) mass is 273 g/mol. The van der Waals surface area contributed by atoms with E-state index in [1.807, 2.05) is 0 Å². The SMILES string of the molecule is O=C1[C@@H]2[C@H](C(=O)N1c1ccc(Cl)cc1)[C@H]1C=C[C@H]2C1. The zero-order valence-electron chi connectivity index (χ0n) is 10.1. The summed E-state index contributed by atoms with van der Waals surface area (Å²) in [4.78, 5) is 26.4. The van der Waals surface area contributed by atoms with Crippen molar-refractivity contribution in [2.45, 2.75) is 6.42 Å². The van der Waals surface area contributed by atoms with Gasteiger partial charge in [-0.2, -0.15) is 0 Å². The van der Waals surface area contributed by atoms with Crippen LogP contribution in [0.2, 0.25) is 5.02 Å². The van der Waals surface area contributed by atoms with Gasteiger partial charge in [0.05, 0.1) is 17.5 Å². The first-order chi connectivity index (χ1) is 9.16. The van der Waals surface area contributed by atoms with Gasteiger partial charge in [0, 0.05) is 5.02 Å². The minimum Gasteiger partial charge on any atom is -0.274 e. The third-order valence-corrected chi connectivity index (χ3v) is 4.81. The molecular weight excluding hydrogens is 262 g/mol. The smallest absolute Gasteiger partial charge is 0.238 e. The Morgan fingerprint density at radius 2 is 1.47 bits per heavy atom. The van der Waals surface area contributed by atoms with Gasteiger partial charge in [-0.25, -0.2) is 0 Å². The molecule has 19 heavy (non-hydrogen) atoms. The van der Waals surface area contributed by atoms with Gasteiger partial charge < -0.3 is 0 Å². The van der Waals surface area contributed by atoms with Gasteiger partial charge in [0.15, 0.2) is 0 Å². The van der Waals surface area contributed by atoms with Crippen LogP contribution in [0.3, 0.4) is 0 Å². The number of anilines is 1. The Hall–Kier alpha value is -1.61. The van der Waals surface area contributed by atoms with Crippen LogP contribution in [0.15, 0.2) is 36.4 Å². The second kappa shape index (κ2) is 3.70. The number of amides is 2. The van der Waals surface area contributed by atoms with Crippen molar-refractivity contribution >= 4 is 29.1 Å². The second-order valence-corrected chi connectivity index (χ2v) is 5.92. The maximum absolute atomic E-state index is 12.5. The van der Waals surface area contributed by atoms with E-state index in [0.29, 0.717) is 10.7 Å². The summed E-state index contributed by atoms with van der Waals surface area (Å²) in [5.74, 6) is 0.132. The number of hydrogen-bond donors (Lipinski definition) is 0. The lowest BCUT2D eigenvalue weighted by Gasteiger charge is -2.17. The molecule has 3 aliphatic rings. The first-order valence-corrected chi connectivity index (χ1v) is 6.86. The molecule has 1 aromatic rings. The van der Waals surface area contributed by atoms with Gasteiger partial charge in [0.1, 0.15) is 0 Å². The van der Waals surface area contributed by atoms with Crippen LogP contribution in [0.5, 0.6) is 0 Å². The second-order valence-electron chi connectivity index (χ2n) is 5.49. The first kappa shape index (κ1) is 11.2. The highest BCUT2D eigenvalue weighted by Gasteiger charge is 2.59. The molecule has 1 aliphatic heterocycles. The van der Waals surface area contributed by atoms with Crippen LogP contribution < -0.4 is 4.90 Å². The fourth-order valence-corrected chi connectivity index (χ4v) is 3.87. The lowest BCUT2D eigenvalue weighted by Crippen LogP contribution is -2.32. The highest BCUT2D eigenvalue weighted by molar-refractivity contribution is 6.30. The number of hydrogen-bond acceptors (Lipinski definition) is 2. The molecule has 0 N–H and O–H groups in total. The minimum atomic E-state index is -0.141. The molecule has 1 aromatic carbocycles. The molecule has 1 saturated heterocycles. The van der Waals surface area contributed by atoms with Crippen molar-refractivity contribution in [3.05, 3.63) is 41.4 Å². The highest BCUT2D eigenvalue weighted by atomic mass is 35.5. The Labute approximate surface area is 115 Å². The Morgan fingerprint density at radius 3 is 2.00 bits per heavy atom. The molecule has 2 amide bonds.